The maximum atomic E-state index is 12.2. The van der Waals surface area contributed by atoms with E-state index < -0.39 is 6.03 Å². The molecule has 6 nitrogen and oxygen atoms in total. The van der Waals surface area contributed by atoms with Gasteiger partial charge in [-0.05, 0) is 37.2 Å². The van der Waals surface area contributed by atoms with Gasteiger partial charge in [0.2, 0.25) is 5.91 Å². The van der Waals surface area contributed by atoms with E-state index in [1.807, 2.05) is 24.3 Å². The Bertz CT molecular complexity index is 736. The Kier molecular flexibility index (Phi) is 6.96. The monoisotopic (exact) mass is 366 g/mol. The Hall–Kier alpha value is -2.70. The number of anilines is 1. The second kappa shape index (κ2) is 9.85. The molecule has 0 atom stereocenters. The first-order valence-corrected chi connectivity index (χ1v) is 9.33. The number of hydrogen-bond donors (Lipinski definition) is 2. The molecule has 0 radical (unpaired) electrons. The lowest BCUT2D eigenvalue weighted by molar-refractivity contribution is -0.121. The number of imide groups is 1. The fourth-order valence-corrected chi connectivity index (χ4v) is 3.24. The van der Waals surface area contributed by atoms with Gasteiger partial charge in [0.15, 0.2) is 0 Å². The lowest BCUT2D eigenvalue weighted by Crippen LogP contribution is -2.42. The van der Waals surface area contributed by atoms with Crippen molar-refractivity contribution in [3.8, 4) is 0 Å². The Balaban J connectivity index is 1.41. The van der Waals surface area contributed by atoms with Gasteiger partial charge in [0.05, 0.1) is 6.54 Å². The number of nitrogens with zero attached hydrogens (tertiary/aromatic N) is 2. The molecule has 0 aromatic heterocycles. The Labute approximate surface area is 160 Å². The summed E-state index contributed by atoms with van der Waals surface area (Å²) in [7, 11) is 0. The summed E-state index contributed by atoms with van der Waals surface area (Å²) in [6, 6.07) is 19.0. The number of benzene rings is 2. The van der Waals surface area contributed by atoms with E-state index >= 15 is 0 Å². The van der Waals surface area contributed by atoms with Crippen LogP contribution in [-0.2, 0) is 11.3 Å². The fourth-order valence-electron chi connectivity index (χ4n) is 3.24. The summed E-state index contributed by atoms with van der Waals surface area (Å²) in [6.45, 7) is 4.78. The maximum Gasteiger partial charge on any atom is 0.325 e. The van der Waals surface area contributed by atoms with Crippen LogP contribution in [0.25, 0.3) is 0 Å². The van der Waals surface area contributed by atoms with Crippen LogP contribution in [0.5, 0.6) is 0 Å². The topological polar surface area (TPSA) is 64.7 Å². The second-order valence-electron chi connectivity index (χ2n) is 6.76. The minimum atomic E-state index is -0.494. The maximum absolute atomic E-state index is 12.2. The molecular weight excluding hydrogens is 340 g/mol. The Morgan fingerprint density at radius 3 is 2.19 bits per heavy atom. The molecule has 0 spiro atoms. The average molecular weight is 366 g/mol. The van der Waals surface area contributed by atoms with E-state index in [0.29, 0.717) is 5.69 Å². The zero-order valence-electron chi connectivity index (χ0n) is 15.4. The molecule has 2 aromatic rings. The summed E-state index contributed by atoms with van der Waals surface area (Å²) >= 11 is 0. The van der Waals surface area contributed by atoms with Crippen molar-refractivity contribution >= 4 is 17.6 Å². The predicted octanol–water partition coefficient (Wildman–Crippen LogP) is 2.54. The molecule has 0 saturated carbocycles. The van der Waals surface area contributed by atoms with E-state index in [4.69, 9.17) is 0 Å². The molecular formula is C21H26N4O2. The van der Waals surface area contributed by atoms with Gasteiger partial charge in [0.25, 0.3) is 0 Å². The number of carbonyl (C=O) groups excluding carboxylic acids is 2. The van der Waals surface area contributed by atoms with E-state index in [0.717, 1.165) is 39.1 Å². The van der Waals surface area contributed by atoms with Gasteiger partial charge in [-0.3, -0.25) is 19.9 Å². The lowest BCUT2D eigenvalue weighted by atomic mass is 10.2. The number of amides is 3. The van der Waals surface area contributed by atoms with Crippen LogP contribution in [0.3, 0.4) is 0 Å². The fraction of sp³-hybridized carbons (Fsp3) is 0.333. The van der Waals surface area contributed by atoms with Crippen LogP contribution >= 0.6 is 0 Å². The molecule has 1 aliphatic heterocycles. The van der Waals surface area contributed by atoms with Crippen LogP contribution in [0, 0.1) is 0 Å². The van der Waals surface area contributed by atoms with Crippen molar-refractivity contribution in [3.05, 3.63) is 66.2 Å². The number of carbonyl (C=O) groups is 2. The largest absolute Gasteiger partial charge is 0.325 e. The van der Waals surface area contributed by atoms with Crippen LogP contribution in [-0.4, -0.2) is 54.5 Å². The molecule has 3 amide bonds. The molecule has 27 heavy (non-hydrogen) atoms. The van der Waals surface area contributed by atoms with Crippen molar-refractivity contribution in [1.82, 2.24) is 15.1 Å². The first-order chi connectivity index (χ1) is 13.2. The molecule has 3 rings (SSSR count). The van der Waals surface area contributed by atoms with Crippen LogP contribution in [0.4, 0.5) is 10.5 Å². The van der Waals surface area contributed by atoms with Gasteiger partial charge >= 0.3 is 6.03 Å². The Morgan fingerprint density at radius 1 is 0.815 bits per heavy atom. The second-order valence-corrected chi connectivity index (χ2v) is 6.76. The van der Waals surface area contributed by atoms with Crippen LogP contribution in [0.15, 0.2) is 60.7 Å². The SMILES string of the molecule is O=C(CN1CCCN(Cc2ccccc2)CC1)NC(=O)Nc1ccccc1. The number of para-hydroxylation sites is 1. The number of rotatable bonds is 5. The number of nitrogens with one attached hydrogen (secondary N) is 2. The van der Waals surface area contributed by atoms with Gasteiger partial charge < -0.3 is 5.32 Å². The summed E-state index contributed by atoms with van der Waals surface area (Å²) in [5.74, 6) is -0.278. The van der Waals surface area contributed by atoms with Gasteiger partial charge in [-0.25, -0.2) is 4.79 Å². The van der Waals surface area contributed by atoms with E-state index in [-0.39, 0.29) is 12.5 Å². The van der Waals surface area contributed by atoms with Crippen LogP contribution in [0.2, 0.25) is 0 Å². The van der Waals surface area contributed by atoms with Crippen LogP contribution in [0.1, 0.15) is 12.0 Å². The summed E-state index contributed by atoms with van der Waals surface area (Å²) in [6.07, 6.45) is 1.01. The van der Waals surface area contributed by atoms with Crippen molar-refractivity contribution in [2.45, 2.75) is 13.0 Å². The molecule has 1 saturated heterocycles. The molecule has 1 fully saturated rings. The molecule has 0 aliphatic carbocycles. The van der Waals surface area contributed by atoms with E-state index in [2.05, 4.69) is 44.7 Å². The number of hydrogen-bond acceptors (Lipinski definition) is 4. The van der Waals surface area contributed by atoms with E-state index in [9.17, 15) is 9.59 Å². The van der Waals surface area contributed by atoms with Crippen molar-refractivity contribution in [1.29, 1.82) is 0 Å². The quantitative estimate of drug-likeness (QED) is 0.854. The molecule has 0 unspecified atom stereocenters. The predicted molar refractivity (Wildman–Crippen MR) is 106 cm³/mol. The summed E-state index contributed by atoms with van der Waals surface area (Å²) in [5.41, 5.74) is 1.97. The van der Waals surface area contributed by atoms with E-state index in [1.54, 1.807) is 12.1 Å². The Morgan fingerprint density at radius 2 is 1.44 bits per heavy atom. The third-order valence-corrected chi connectivity index (χ3v) is 4.58. The lowest BCUT2D eigenvalue weighted by Gasteiger charge is -2.21. The minimum absolute atomic E-state index is 0.237. The van der Waals surface area contributed by atoms with Gasteiger partial charge in [-0.15, -0.1) is 0 Å². The van der Waals surface area contributed by atoms with Gasteiger partial charge in [-0.2, -0.15) is 0 Å². The highest BCUT2D eigenvalue weighted by atomic mass is 16.2. The normalized spacial score (nSPS) is 15.7. The first kappa shape index (κ1) is 19.1. The van der Waals surface area contributed by atoms with Crippen molar-refractivity contribution < 1.29 is 9.59 Å². The van der Waals surface area contributed by atoms with Gasteiger partial charge in [-0.1, -0.05) is 48.5 Å². The standard InChI is InChI=1S/C21H26N4O2/c26-20(23-21(27)22-19-10-5-2-6-11-19)17-25-13-7-12-24(14-15-25)16-18-8-3-1-4-9-18/h1-6,8-11H,7,12-17H2,(H2,22,23,26,27). The third-order valence-electron chi connectivity index (χ3n) is 4.58. The van der Waals surface area contributed by atoms with Crippen molar-refractivity contribution in [2.24, 2.45) is 0 Å². The highest BCUT2D eigenvalue weighted by molar-refractivity contribution is 6.01. The third kappa shape index (κ3) is 6.51. The smallest absolute Gasteiger partial charge is 0.308 e. The molecule has 1 heterocycles. The zero-order chi connectivity index (χ0) is 18.9. The molecule has 142 valence electrons. The molecule has 0 bridgehead atoms. The molecule has 2 aromatic carbocycles. The highest BCUT2D eigenvalue weighted by Crippen LogP contribution is 2.09. The first-order valence-electron chi connectivity index (χ1n) is 9.33. The summed E-state index contributed by atoms with van der Waals surface area (Å²) in [5, 5.41) is 5.06. The minimum Gasteiger partial charge on any atom is -0.308 e. The van der Waals surface area contributed by atoms with Gasteiger partial charge in [0.1, 0.15) is 0 Å². The number of urea groups is 1. The summed E-state index contributed by atoms with van der Waals surface area (Å²) < 4.78 is 0. The molecule has 1 aliphatic rings. The van der Waals surface area contributed by atoms with E-state index in [1.165, 1.54) is 5.56 Å². The molecule has 2 N–H and O–H groups in total. The van der Waals surface area contributed by atoms with Crippen molar-refractivity contribution in [2.75, 3.05) is 38.0 Å². The summed E-state index contributed by atoms with van der Waals surface area (Å²) in [4.78, 5) is 28.6. The van der Waals surface area contributed by atoms with Crippen molar-refractivity contribution in [3.63, 3.8) is 0 Å². The average Bonchev–Trinajstić information content (AvgIpc) is 2.88. The highest BCUT2D eigenvalue weighted by Gasteiger charge is 2.18. The van der Waals surface area contributed by atoms with Crippen LogP contribution < -0.4 is 10.6 Å². The van der Waals surface area contributed by atoms with Gasteiger partial charge in [0, 0.05) is 25.3 Å². The zero-order valence-corrected chi connectivity index (χ0v) is 15.4. The molecule has 6 heteroatoms.